The first-order valence-corrected chi connectivity index (χ1v) is 8.56. The van der Waals surface area contributed by atoms with E-state index in [4.69, 9.17) is 0 Å². The summed E-state index contributed by atoms with van der Waals surface area (Å²) in [4.78, 5) is 28.3. The van der Waals surface area contributed by atoms with Crippen LogP contribution in [0.3, 0.4) is 0 Å². The molecule has 3 aromatic rings. The minimum Gasteiger partial charge on any atom is -0.326 e. The Labute approximate surface area is 160 Å². The smallest absolute Gasteiger partial charge is 0.255 e. The number of hydrogen-bond donors (Lipinski definition) is 2. The zero-order valence-corrected chi connectivity index (χ0v) is 14.8. The van der Waals surface area contributed by atoms with Crippen molar-refractivity contribution in [1.29, 1.82) is 0 Å². The molecule has 3 rings (SSSR count). The third-order valence-corrected chi connectivity index (χ3v) is 3.98. The highest BCUT2D eigenvalue weighted by atomic mass is 19.1. The molecule has 0 aliphatic heterocycles. The van der Waals surface area contributed by atoms with Crippen LogP contribution in [0.25, 0.3) is 0 Å². The van der Waals surface area contributed by atoms with E-state index >= 15 is 0 Å². The molecule has 28 heavy (non-hydrogen) atoms. The standard InChI is InChI=1S/C21H17F2N3O2/c22-16-5-6-19(23)14(12-16)4-7-20(27)25-18-3-1-2-15(13-18)21(28)26-17-8-10-24-11-9-17/h1-3,5-6,8-13H,4,7H2,(H,25,27)(H,24,26,28). The van der Waals surface area contributed by atoms with Gasteiger partial charge in [-0.1, -0.05) is 6.07 Å². The van der Waals surface area contributed by atoms with E-state index < -0.39 is 11.6 Å². The largest absolute Gasteiger partial charge is 0.326 e. The molecule has 0 spiro atoms. The summed E-state index contributed by atoms with van der Waals surface area (Å²) in [6, 6.07) is 12.9. The normalized spacial score (nSPS) is 10.4. The Hall–Kier alpha value is -3.61. The fraction of sp³-hybridized carbons (Fsp3) is 0.0952. The maximum absolute atomic E-state index is 13.6. The number of hydrogen-bond acceptors (Lipinski definition) is 3. The first-order valence-electron chi connectivity index (χ1n) is 8.56. The zero-order chi connectivity index (χ0) is 19.9. The Morgan fingerprint density at radius 3 is 2.46 bits per heavy atom. The molecule has 0 aliphatic carbocycles. The van der Waals surface area contributed by atoms with Gasteiger partial charge in [0, 0.05) is 35.8 Å². The number of amides is 2. The summed E-state index contributed by atoms with van der Waals surface area (Å²) in [6.07, 6.45) is 3.17. The topological polar surface area (TPSA) is 71.1 Å². The van der Waals surface area contributed by atoms with E-state index in [0.717, 1.165) is 18.2 Å². The van der Waals surface area contributed by atoms with Crippen LogP contribution < -0.4 is 10.6 Å². The van der Waals surface area contributed by atoms with Gasteiger partial charge in [-0.25, -0.2) is 8.78 Å². The van der Waals surface area contributed by atoms with Crippen LogP contribution >= 0.6 is 0 Å². The van der Waals surface area contributed by atoms with Gasteiger partial charge in [0.25, 0.3) is 5.91 Å². The van der Waals surface area contributed by atoms with Gasteiger partial charge in [0.15, 0.2) is 0 Å². The molecule has 0 saturated carbocycles. The minimum atomic E-state index is -0.552. The number of rotatable bonds is 6. The zero-order valence-electron chi connectivity index (χ0n) is 14.8. The minimum absolute atomic E-state index is 0.0200. The van der Waals surface area contributed by atoms with Crippen LogP contribution in [0.5, 0.6) is 0 Å². The molecule has 1 aromatic heterocycles. The van der Waals surface area contributed by atoms with Crippen molar-refractivity contribution in [3.05, 3.63) is 89.8 Å². The van der Waals surface area contributed by atoms with E-state index in [9.17, 15) is 18.4 Å². The molecule has 7 heteroatoms. The molecule has 0 unspecified atom stereocenters. The van der Waals surface area contributed by atoms with Crippen molar-refractivity contribution in [2.75, 3.05) is 10.6 Å². The molecule has 0 bridgehead atoms. The summed E-state index contributed by atoms with van der Waals surface area (Å²) in [5.41, 5.74) is 1.55. The molecule has 2 amide bonds. The van der Waals surface area contributed by atoms with Gasteiger partial charge in [-0.2, -0.15) is 0 Å². The average molecular weight is 381 g/mol. The monoisotopic (exact) mass is 381 g/mol. The number of anilines is 2. The fourth-order valence-electron chi connectivity index (χ4n) is 2.58. The molecule has 1 heterocycles. The number of nitrogens with one attached hydrogen (secondary N) is 2. The molecule has 0 saturated heterocycles. The number of carbonyl (C=O) groups is 2. The quantitative estimate of drug-likeness (QED) is 0.673. The summed E-state index contributed by atoms with van der Waals surface area (Å²) in [6.45, 7) is 0. The Morgan fingerprint density at radius 1 is 0.893 bits per heavy atom. The van der Waals surface area contributed by atoms with Crippen molar-refractivity contribution >= 4 is 23.2 Å². The molecule has 0 aliphatic rings. The van der Waals surface area contributed by atoms with Crippen molar-refractivity contribution in [3.63, 3.8) is 0 Å². The molecule has 2 N–H and O–H groups in total. The van der Waals surface area contributed by atoms with Crippen LogP contribution in [-0.2, 0) is 11.2 Å². The predicted octanol–water partition coefficient (Wildman–Crippen LogP) is 4.18. The van der Waals surface area contributed by atoms with Gasteiger partial charge in [-0.3, -0.25) is 14.6 Å². The van der Waals surface area contributed by atoms with Crippen LogP contribution in [-0.4, -0.2) is 16.8 Å². The van der Waals surface area contributed by atoms with Crippen LogP contribution in [0.4, 0.5) is 20.2 Å². The number of benzene rings is 2. The Kier molecular flexibility index (Phi) is 6.06. The lowest BCUT2D eigenvalue weighted by molar-refractivity contribution is -0.116. The van der Waals surface area contributed by atoms with Gasteiger partial charge in [-0.15, -0.1) is 0 Å². The summed E-state index contributed by atoms with van der Waals surface area (Å²) in [5.74, 6) is -1.80. The van der Waals surface area contributed by atoms with Gasteiger partial charge in [0.1, 0.15) is 11.6 Å². The van der Waals surface area contributed by atoms with Gasteiger partial charge >= 0.3 is 0 Å². The number of aromatic nitrogens is 1. The number of aryl methyl sites for hydroxylation is 1. The lowest BCUT2D eigenvalue weighted by Gasteiger charge is -2.09. The number of carbonyl (C=O) groups excluding carboxylic acids is 2. The Balaban J connectivity index is 1.60. The molecular weight excluding hydrogens is 364 g/mol. The summed E-state index contributed by atoms with van der Waals surface area (Å²) in [7, 11) is 0. The average Bonchev–Trinajstić information content (AvgIpc) is 2.69. The van der Waals surface area contributed by atoms with Gasteiger partial charge in [0.05, 0.1) is 0 Å². The van der Waals surface area contributed by atoms with Crippen molar-refractivity contribution in [1.82, 2.24) is 4.98 Å². The van der Waals surface area contributed by atoms with Crippen molar-refractivity contribution in [2.45, 2.75) is 12.8 Å². The van der Waals surface area contributed by atoms with Gasteiger partial charge < -0.3 is 10.6 Å². The lowest BCUT2D eigenvalue weighted by Crippen LogP contribution is -2.15. The van der Waals surface area contributed by atoms with Crippen molar-refractivity contribution in [2.24, 2.45) is 0 Å². The highest BCUT2D eigenvalue weighted by Gasteiger charge is 2.10. The van der Waals surface area contributed by atoms with Gasteiger partial charge in [0.2, 0.25) is 5.91 Å². The molecule has 0 fully saturated rings. The summed E-state index contributed by atoms with van der Waals surface area (Å²) in [5, 5.41) is 5.39. The SMILES string of the molecule is O=C(CCc1cc(F)ccc1F)Nc1cccc(C(=O)Nc2ccncc2)c1. The highest BCUT2D eigenvalue weighted by molar-refractivity contribution is 6.05. The molecule has 0 atom stereocenters. The highest BCUT2D eigenvalue weighted by Crippen LogP contribution is 2.15. The number of halogens is 2. The third-order valence-electron chi connectivity index (χ3n) is 3.98. The second kappa shape index (κ2) is 8.85. The first kappa shape index (κ1) is 19.2. The molecule has 5 nitrogen and oxygen atoms in total. The lowest BCUT2D eigenvalue weighted by atomic mass is 10.1. The second-order valence-corrected chi connectivity index (χ2v) is 6.05. The summed E-state index contributed by atoms with van der Waals surface area (Å²) < 4.78 is 26.8. The van der Waals surface area contributed by atoms with Crippen LogP contribution in [0.15, 0.2) is 67.0 Å². The second-order valence-electron chi connectivity index (χ2n) is 6.05. The Bertz CT molecular complexity index is 994. The predicted molar refractivity (Wildman–Crippen MR) is 102 cm³/mol. The Morgan fingerprint density at radius 2 is 1.68 bits per heavy atom. The summed E-state index contributed by atoms with van der Waals surface area (Å²) >= 11 is 0. The van der Waals surface area contributed by atoms with E-state index in [0.29, 0.717) is 16.9 Å². The maximum Gasteiger partial charge on any atom is 0.255 e. The molecule has 142 valence electrons. The van der Waals surface area contributed by atoms with E-state index in [1.54, 1.807) is 42.7 Å². The third kappa shape index (κ3) is 5.20. The number of nitrogens with zero attached hydrogens (tertiary/aromatic N) is 1. The van der Waals surface area contributed by atoms with Crippen molar-refractivity contribution < 1.29 is 18.4 Å². The molecule has 0 radical (unpaired) electrons. The van der Waals surface area contributed by atoms with E-state index in [1.165, 1.54) is 6.07 Å². The van der Waals surface area contributed by atoms with E-state index in [-0.39, 0.29) is 30.2 Å². The molecule has 2 aromatic carbocycles. The number of pyridine rings is 1. The van der Waals surface area contributed by atoms with Crippen LogP contribution in [0.1, 0.15) is 22.3 Å². The fourth-order valence-corrected chi connectivity index (χ4v) is 2.58. The van der Waals surface area contributed by atoms with Crippen molar-refractivity contribution in [3.8, 4) is 0 Å². The first-order chi connectivity index (χ1) is 13.5. The van der Waals surface area contributed by atoms with E-state index in [1.807, 2.05) is 0 Å². The molecular formula is C21H17F2N3O2. The maximum atomic E-state index is 13.6. The van der Waals surface area contributed by atoms with Crippen LogP contribution in [0.2, 0.25) is 0 Å². The van der Waals surface area contributed by atoms with E-state index in [2.05, 4.69) is 15.6 Å². The van der Waals surface area contributed by atoms with Gasteiger partial charge in [-0.05, 0) is 60.5 Å². The van der Waals surface area contributed by atoms with Crippen LogP contribution in [0, 0.1) is 11.6 Å².